The van der Waals surface area contributed by atoms with Gasteiger partial charge in [0, 0.05) is 30.4 Å². The maximum Gasteiger partial charge on any atom is 0.226 e. The van der Waals surface area contributed by atoms with Crippen molar-refractivity contribution in [2.75, 3.05) is 18.4 Å². The molecule has 0 bridgehead atoms. The van der Waals surface area contributed by atoms with Gasteiger partial charge in [0.25, 0.3) is 0 Å². The fraction of sp³-hybridized carbons (Fsp3) is 0.333. The molecule has 0 atom stereocenters. The number of amides is 1. The number of benzene rings is 2. The largest absolute Gasteiger partial charge is 0.439 e. The number of piperidine rings is 1. The summed E-state index contributed by atoms with van der Waals surface area (Å²) in [7, 11) is 0. The number of carbonyl (C=O) groups is 1. The molecule has 32 heavy (non-hydrogen) atoms. The number of likely N-dealkylation sites (tertiary alicyclic amines) is 1. The van der Waals surface area contributed by atoms with Crippen molar-refractivity contribution >= 4 is 11.6 Å². The van der Waals surface area contributed by atoms with Crippen LogP contribution in [-0.2, 0) is 11.3 Å². The molecule has 1 amide bonds. The summed E-state index contributed by atoms with van der Waals surface area (Å²) in [5.41, 5.74) is 3.41. The number of aromatic nitrogens is 1. The molecule has 2 heterocycles. The highest BCUT2D eigenvalue weighted by atomic mass is 16.5. The average Bonchev–Trinajstić information content (AvgIpc) is 2.82. The van der Waals surface area contributed by atoms with Crippen LogP contribution in [0, 0.1) is 5.92 Å². The predicted molar refractivity (Wildman–Crippen MR) is 128 cm³/mol. The lowest BCUT2D eigenvalue weighted by Crippen LogP contribution is -2.32. The van der Waals surface area contributed by atoms with Crippen LogP contribution in [0.5, 0.6) is 11.6 Å². The molecule has 0 saturated carbocycles. The van der Waals surface area contributed by atoms with Crippen LogP contribution >= 0.6 is 0 Å². The minimum absolute atomic E-state index is 0.0182. The zero-order valence-electron chi connectivity index (χ0n) is 18.8. The van der Waals surface area contributed by atoms with Crippen LogP contribution in [-0.4, -0.2) is 28.9 Å². The highest BCUT2D eigenvalue weighted by Crippen LogP contribution is 2.30. The van der Waals surface area contributed by atoms with Gasteiger partial charge < -0.3 is 10.1 Å². The van der Waals surface area contributed by atoms with E-state index in [0.717, 1.165) is 43.9 Å². The highest BCUT2D eigenvalue weighted by molar-refractivity contribution is 5.92. The van der Waals surface area contributed by atoms with Crippen molar-refractivity contribution in [1.82, 2.24) is 9.88 Å². The SMILES string of the molecule is CC(C)C(=O)Nc1cccc(C2CCN(Cc3ccc(Oc4ccccc4)nc3)CC2)c1. The maximum absolute atomic E-state index is 12.0. The molecule has 0 unspecified atom stereocenters. The van der Waals surface area contributed by atoms with Gasteiger partial charge in [0.1, 0.15) is 5.75 Å². The van der Waals surface area contributed by atoms with Crippen molar-refractivity contribution in [1.29, 1.82) is 0 Å². The summed E-state index contributed by atoms with van der Waals surface area (Å²) in [6.07, 6.45) is 4.14. The number of nitrogens with zero attached hydrogens (tertiary/aromatic N) is 2. The molecule has 1 aliphatic rings. The first-order valence-corrected chi connectivity index (χ1v) is 11.4. The number of hydrogen-bond acceptors (Lipinski definition) is 4. The first-order chi connectivity index (χ1) is 15.6. The van der Waals surface area contributed by atoms with E-state index in [2.05, 4.69) is 33.4 Å². The number of pyridine rings is 1. The first-order valence-electron chi connectivity index (χ1n) is 11.4. The van der Waals surface area contributed by atoms with Crippen molar-refractivity contribution in [3.8, 4) is 11.6 Å². The lowest BCUT2D eigenvalue weighted by Gasteiger charge is -2.32. The molecule has 2 aromatic carbocycles. The molecule has 1 fully saturated rings. The Kier molecular flexibility index (Phi) is 7.17. The van der Waals surface area contributed by atoms with E-state index in [1.165, 1.54) is 11.1 Å². The van der Waals surface area contributed by atoms with Crippen LogP contribution in [0.15, 0.2) is 72.9 Å². The minimum Gasteiger partial charge on any atom is -0.439 e. The number of nitrogens with one attached hydrogen (secondary N) is 1. The van der Waals surface area contributed by atoms with Crippen LogP contribution < -0.4 is 10.1 Å². The van der Waals surface area contributed by atoms with E-state index in [4.69, 9.17) is 4.74 Å². The molecule has 4 rings (SSSR count). The van der Waals surface area contributed by atoms with Gasteiger partial charge in [-0.15, -0.1) is 0 Å². The predicted octanol–water partition coefficient (Wildman–Crippen LogP) is 5.85. The second kappa shape index (κ2) is 10.4. The molecule has 1 N–H and O–H groups in total. The lowest BCUT2D eigenvalue weighted by atomic mass is 9.89. The van der Waals surface area contributed by atoms with Crippen molar-refractivity contribution in [2.45, 2.75) is 39.2 Å². The number of ether oxygens (including phenoxy) is 1. The van der Waals surface area contributed by atoms with Crippen LogP contribution in [0.2, 0.25) is 0 Å². The van der Waals surface area contributed by atoms with E-state index in [1.54, 1.807) is 0 Å². The van der Waals surface area contributed by atoms with Crippen molar-refractivity contribution in [2.24, 2.45) is 5.92 Å². The summed E-state index contributed by atoms with van der Waals surface area (Å²) < 4.78 is 5.78. The van der Waals surface area contributed by atoms with E-state index in [-0.39, 0.29) is 11.8 Å². The monoisotopic (exact) mass is 429 g/mol. The summed E-state index contributed by atoms with van der Waals surface area (Å²) in [6.45, 7) is 6.82. The van der Waals surface area contributed by atoms with Crippen molar-refractivity contribution < 1.29 is 9.53 Å². The van der Waals surface area contributed by atoms with E-state index in [0.29, 0.717) is 11.8 Å². The smallest absolute Gasteiger partial charge is 0.226 e. The zero-order valence-corrected chi connectivity index (χ0v) is 18.8. The highest BCUT2D eigenvalue weighted by Gasteiger charge is 2.21. The zero-order chi connectivity index (χ0) is 22.3. The summed E-state index contributed by atoms with van der Waals surface area (Å²) >= 11 is 0. The Morgan fingerprint density at radius 2 is 1.84 bits per heavy atom. The van der Waals surface area contributed by atoms with Gasteiger partial charge in [0.05, 0.1) is 0 Å². The molecule has 1 aliphatic heterocycles. The molecule has 5 nitrogen and oxygen atoms in total. The number of anilines is 1. The standard InChI is InChI=1S/C27H31N3O2/c1-20(2)27(31)29-24-8-6-7-23(17-24)22-13-15-30(16-14-22)19-21-11-12-26(28-18-21)32-25-9-4-3-5-10-25/h3-12,17-18,20,22H,13-16,19H2,1-2H3,(H,29,31). The molecule has 3 aromatic rings. The molecular weight excluding hydrogens is 398 g/mol. The normalized spacial score (nSPS) is 15.0. The Morgan fingerprint density at radius 1 is 1.06 bits per heavy atom. The number of carbonyl (C=O) groups excluding carboxylic acids is 1. The number of para-hydroxylation sites is 1. The Bertz CT molecular complexity index is 1010. The molecule has 0 radical (unpaired) electrons. The Balaban J connectivity index is 1.28. The molecule has 0 spiro atoms. The van der Waals surface area contributed by atoms with E-state index < -0.39 is 0 Å². The van der Waals surface area contributed by atoms with Crippen LogP contribution in [0.25, 0.3) is 0 Å². The van der Waals surface area contributed by atoms with E-state index in [9.17, 15) is 4.79 Å². The van der Waals surface area contributed by atoms with Crippen LogP contribution in [0.3, 0.4) is 0 Å². The summed E-state index contributed by atoms with van der Waals surface area (Å²) in [6, 6.07) is 22.1. The topological polar surface area (TPSA) is 54.5 Å². The van der Waals surface area contributed by atoms with Crippen LogP contribution in [0.1, 0.15) is 43.7 Å². The molecule has 1 saturated heterocycles. The number of hydrogen-bond donors (Lipinski definition) is 1. The summed E-state index contributed by atoms with van der Waals surface area (Å²) in [4.78, 5) is 18.9. The molecule has 5 heteroatoms. The molecule has 1 aromatic heterocycles. The third-order valence-electron chi connectivity index (χ3n) is 5.91. The van der Waals surface area contributed by atoms with Gasteiger partial charge in [-0.1, -0.05) is 50.2 Å². The van der Waals surface area contributed by atoms with Crippen molar-refractivity contribution in [3.05, 3.63) is 84.1 Å². The second-order valence-electron chi connectivity index (χ2n) is 8.74. The Hall–Kier alpha value is -3.18. The number of rotatable bonds is 7. The van der Waals surface area contributed by atoms with Crippen molar-refractivity contribution in [3.63, 3.8) is 0 Å². The first kappa shape index (κ1) is 22.0. The van der Waals surface area contributed by atoms with Gasteiger partial charge in [0.2, 0.25) is 11.8 Å². The summed E-state index contributed by atoms with van der Waals surface area (Å²) in [5.74, 6) is 1.98. The van der Waals surface area contributed by atoms with Gasteiger partial charge in [-0.2, -0.15) is 0 Å². The Morgan fingerprint density at radius 3 is 2.53 bits per heavy atom. The van der Waals surface area contributed by atoms with E-state index in [1.807, 2.05) is 68.6 Å². The third-order valence-corrected chi connectivity index (χ3v) is 5.91. The molecule has 0 aliphatic carbocycles. The van der Waals surface area contributed by atoms with Gasteiger partial charge in [-0.3, -0.25) is 9.69 Å². The second-order valence-corrected chi connectivity index (χ2v) is 8.74. The lowest BCUT2D eigenvalue weighted by molar-refractivity contribution is -0.118. The summed E-state index contributed by atoms with van der Waals surface area (Å²) in [5, 5.41) is 3.02. The molecular formula is C27H31N3O2. The fourth-order valence-corrected chi connectivity index (χ4v) is 4.01. The Labute approximate surface area is 190 Å². The van der Waals surface area contributed by atoms with Gasteiger partial charge >= 0.3 is 0 Å². The quantitative estimate of drug-likeness (QED) is 0.512. The third kappa shape index (κ3) is 5.95. The maximum atomic E-state index is 12.0. The molecule has 166 valence electrons. The average molecular weight is 430 g/mol. The van der Waals surface area contributed by atoms with Crippen LogP contribution in [0.4, 0.5) is 5.69 Å². The minimum atomic E-state index is -0.0182. The fourth-order valence-electron chi connectivity index (χ4n) is 4.01. The van der Waals surface area contributed by atoms with Gasteiger partial charge in [0.15, 0.2) is 0 Å². The van der Waals surface area contributed by atoms with Gasteiger partial charge in [-0.25, -0.2) is 4.98 Å². The van der Waals surface area contributed by atoms with Gasteiger partial charge in [-0.05, 0) is 67.2 Å². The van der Waals surface area contributed by atoms with E-state index >= 15 is 0 Å².